The van der Waals surface area contributed by atoms with Crippen LogP contribution in [-0.2, 0) is 4.79 Å². The Morgan fingerprint density at radius 2 is 2.00 bits per heavy atom. The van der Waals surface area contributed by atoms with Gasteiger partial charge in [0, 0.05) is 10.7 Å². The summed E-state index contributed by atoms with van der Waals surface area (Å²) < 4.78 is 5.13. The van der Waals surface area contributed by atoms with Gasteiger partial charge in [0.1, 0.15) is 5.75 Å². The maximum absolute atomic E-state index is 12.2. The lowest BCUT2D eigenvalue weighted by molar-refractivity contribution is -0.117. The van der Waals surface area contributed by atoms with E-state index >= 15 is 0 Å². The van der Waals surface area contributed by atoms with Gasteiger partial charge in [-0.3, -0.25) is 9.69 Å². The van der Waals surface area contributed by atoms with E-state index in [2.05, 4.69) is 5.32 Å². The monoisotopic (exact) mass is 348 g/mol. The number of hydrogen-bond donors (Lipinski definition) is 2. The number of anilines is 1. The predicted molar refractivity (Wildman–Crippen MR) is 95.5 cm³/mol. The third kappa shape index (κ3) is 4.96. The van der Waals surface area contributed by atoms with Crippen LogP contribution in [0.15, 0.2) is 48.5 Å². The Hall–Kier alpha value is -2.08. The van der Waals surface area contributed by atoms with Gasteiger partial charge in [0.2, 0.25) is 5.91 Å². The third-order valence-electron chi connectivity index (χ3n) is 3.71. The SMILES string of the molecule is COc1ccc(C(CO)N(C)CC(=O)Nc2cccc(Cl)c2)cc1. The molecule has 0 bridgehead atoms. The van der Waals surface area contributed by atoms with Crippen molar-refractivity contribution in [3.05, 3.63) is 59.1 Å². The molecule has 6 heteroatoms. The highest BCUT2D eigenvalue weighted by atomic mass is 35.5. The summed E-state index contributed by atoms with van der Waals surface area (Å²) in [6.45, 7) is 0.0526. The quantitative estimate of drug-likeness (QED) is 0.807. The van der Waals surface area contributed by atoms with E-state index in [-0.39, 0.29) is 25.1 Å². The number of rotatable bonds is 7. The van der Waals surface area contributed by atoms with Gasteiger partial charge < -0.3 is 15.2 Å². The Labute approximate surface area is 146 Å². The number of hydrogen-bond acceptors (Lipinski definition) is 4. The zero-order valence-electron chi connectivity index (χ0n) is 13.7. The van der Waals surface area contributed by atoms with Crippen molar-refractivity contribution in [2.45, 2.75) is 6.04 Å². The van der Waals surface area contributed by atoms with E-state index in [4.69, 9.17) is 16.3 Å². The lowest BCUT2D eigenvalue weighted by atomic mass is 10.1. The molecule has 0 radical (unpaired) electrons. The summed E-state index contributed by atoms with van der Waals surface area (Å²) in [5.41, 5.74) is 1.56. The Morgan fingerprint density at radius 1 is 1.29 bits per heavy atom. The van der Waals surface area contributed by atoms with Gasteiger partial charge >= 0.3 is 0 Å². The molecule has 1 amide bonds. The minimum Gasteiger partial charge on any atom is -0.497 e. The highest BCUT2D eigenvalue weighted by molar-refractivity contribution is 6.30. The second-order valence-electron chi connectivity index (χ2n) is 5.45. The number of methoxy groups -OCH3 is 1. The molecule has 2 aromatic rings. The lowest BCUT2D eigenvalue weighted by Crippen LogP contribution is -2.34. The number of nitrogens with zero attached hydrogens (tertiary/aromatic N) is 1. The van der Waals surface area contributed by atoms with Crippen molar-refractivity contribution in [1.82, 2.24) is 4.90 Å². The summed E-state index contributed by atoms with van der Waals surface area (Å²) in [5, 5.41) is 13.1. The highest BCUT2D eigenvalue weighted by Gasteiger charge is 2.18. The van der Waals surface area contributed by atoms with Crippen molar-refractivity contribution >= 4 is 23.2 Å². The molecular formula is C18H21ClN2O3. The largest absolute Gasteiger partial charge is 0.497 e. The van der Waals surface area contributed by atoms with Crippen molar-refractivity contribution in [1.29, 1.82) is 0 Å². The first kappa shape index (κ1) is 18.3. The van der Waals surface area contributed by atoms with Crippen molar-refractivity contribution in [2.24, 2.45) is 0 Å². The van der Waals surface area contributed by atoms with Crippen LogP contribution in [0.5, 0.6) is 5.75 Å². The fourth-order valence-corrected chi connectivity index (χ4v) is 2.62. The second kappa shape index (κ2) is 8.68. The smallest absolute Gasteiger partial charge is 0.238 e. The van der Waals surface area contributed by atoms with Gasteiger partial charge in [0.25, 0.3) is 0 Å². The summed E-state index contributed by atoms with van der Waals surface area (Å²) in [6.07, 6.45) is 0. The molecule has 1 atom stereocenters. The first-order valence-corrected chi connectivity index (χ1v) is 7.91. The Morgan fingerprint density at radius 3 is 2.58 bits per heavy atom. The molecule has 0 spiro atoms. The molecule has 0 aromatic heterocycles. The van der Waals surface area contributed by atoms with Crippen molar-refractivity contribution in [3.8, 4) is 5.75 Å². The van der Waals surface area contributed by atoms with E-state index in [1.807, 2.05) is 24.3 Å². The summed E-state index contributed by atoms with van der Waals surface area (Å²) in [6, 6.07) is 14.1. The Kier molecular flexibility index (Phi) is 6.61. The number of likely N-dealkylation sites (N-methyl/N-ethyl adjacent to an activating group) is 1. The number of benzene rings is 2. The third-order valence-corrected chi connectivity index (χ3v) is 3.94. The van der Waals surface area contributed by atoms with Gasteiger partial charge in [-0.2, -0.15) is 0 Å². The van der Waals surface area contributed by atoms with E-state index in [0.717, 1.165) is 11.3 Å². The lowest BCUT2D eigenvalue weighted by Gasteiger charge is -2.26. The van der Waals surface area contributed by atoms with Gasteiger partial charge in [0.15, 0.2) is 0 Å². The molecule has 2 rings (SSSR count). The van der Waals surface area contributed by atoms with E-state index in [0.29, 0.717) is 10.7 Å². The number of ether oxygens (including phenoxy) is 1. The molecule has 128 valence electrons. The molecule has 0 aliphatic carbocycles. The topological polar surface area (TPSA) is 61.8 Å². The Balaban J connectivity index is 1.99. The minimum absolute atomic E-state index is 0.0900. The number of carbonyl (C=O) groups excluding carboxylic acids is 1. The summed E-state index contributed by atoms with van der Waals surface area (Å²) in [5.74, 6) is 0.573. The molecule has 5 nitrogen and oxygen atoms in total. The number of halogens is 1. The summed E-state index contributed by atoms with van der Waals surface area (Å²) in [7, 11) is 3.40. The zero-order chi connectivity index (χ0) is 17.5. The minimum atomic E-state index is -0.277. The molecule has 2 N–H and O–H groups in total. The molecule has 24 heavy (non-hydrogen) atoms. The first-order chi connectivity index (χ1) is 11.5. The van der Waals surface area contributed by atoms with E-state index in [1.165, 1.54) is 0 Å². The van der Waals surface area contributed by atoms with Crippen LogP contribution in [-0.4, -0.2) is 43.2 Å². The fourth-order valence-electron chi connectivity index (χ4n) is 2.43. The molecule has 1 unspecified atom stereocenters. The van der Waals surface area contributed by atoms with Crippen LogP contribution in [0.2, 0.25) is 5.02 Å². The van der Waals surface area contributed by atoms with Crippen LogP contribution in [0.1, 0.15) is 11.6 Å². The second-order valence-corrected chi connectivity index (χ2v) is 5.88. The van der Waals surface area contributed by atoms with Crippen molar-refractivity contribution in [3.63, 3.8) is 0 Å². The maximum Gasteiger partial charge on any atom is 0.238 e. The molecule has 0 saturated carbocycles. The van der Waals surface area contributed by atoms with E-state index in [9.17, 15) is 9.90 Å². The molecule has 0 saturated heterocycles. The average Bonchev–Trinajstić information content (AvgIpc) is 2.56. The average molecular weight is 349 g/mol. The van der Waals surface area contributed by atoms with Crippen molar-refractivity contribution < 1.29 is 14.6 Å². The summed E-state index contributed by atoms with van der Waals surface area (Å²) in [4.78, 5) is 14.0. The number of aliphatic hydroxyl groups excluding tert-OH is 1. The molecule has 0 heterocycles. The number of aliphatic hydroxyl groups is 1. The highest BCUT2D eigenvalue weighted by Crippen LogP contribution is 2.22. The number of amides is 1. The molecular weight excluding hydrogens is 328 g/mol. The molecule has 0 aliphatic rings. The number of carbonyl (C=O) groups is 1. The standard InChI is InChI=1S/C18H21ClN2O3/c1-21(11-18(23)20-15-5-3-4-14(19)10-15)17(12-22)13-6-8-16(24-2)9-7-13/h3-10,17,22H,11-12H2,1-2H3,(H,20,23). The maximum atomic E-state index is 12.2. The predicted octanol–water partition coefficient (Wildman–Crippen LogP) is 2.95. The van der Waals surface area contributed by atoms with Crippen LogP contribution in [0, 0.1) is 0 Å². The van der Waals surface area contributed by atoms with Gasteiger partial charge in [0.05, 0.1) is 26.3 Å². The molecule has 0 fully saturated rings. The van der Waals surface area contributed by atoms with Gasteiger partial charge in [-0.15, -0.1) is 0 Å². The normalized spacial score (nSPS) is 12.0. The van der Waals surface area contributed by atoms with Crippen LogP contribution in [0.3, 0.4) is 0 Å². The van der Waals surface area contributed by atoms with Crippen LogP contribution < -0.4 is 10.1 Å². The van der Waals surface area contributed by atoms with Gasteiger partial charge in [-0.25, -0.2) is 0 Å². The first-order valence-electron chi connectivity index (χ1n) is 7.54. The Bertz CT molecular complexity index is 676. The number of nitrogens with one attached hydrogen (secondary N) is 1. The van der Waals surface area contributed by atoms with Crippen LogP contribution >= 0.6 is 11.6 Å². The van der Waals surface area contributed by atoms with Gasteiger partial charge in [-0.1, -0.05) is 29.8 Å². The zero-order valence-corrected chi connectivity index (χ0v) is 14.5. The van der Waals surface area contributed by atoms with Crippen molar-refractivity contribution in [2.75, 3.05) is 32.6 Å². The van der Waals surface area contributed by atoms with Gasteiger partial charge in [-0.05, 0) is 42.9 Å². The van der Waals surface area contributed by atoms with Crippen LogP contribution in [0.25, 0.3) is 0 Å². The molecule has 2 aromatic carbocycles. The molecule has 0 aliphatic heterocycles. The fraction of sp³-hybridized carbons (Fsp3) is 0.278. The summed E-state index contributed by atoms with van der Waals surface area (Å²) >= 11 is 5.91. The van der Waals surface area contributed by atoms with E-state index in [1.54, 1.807) is 43.3 Å². The van der Waals surface area contributed by atoms with Crippen LogP contribution in [0.4, 0.5) is 5.69 Å². The van der Waals surface area contributed by atoms with E-state index < -0.39 is 0 Å².